The molecule has 2 aliphatic heterocycles. The summed E-state index contributed by atoms with van der Waals surface area (Å²) in [5, 5.41) is 3.19. The van der Waals surface area contributed by atoms with Crippen LogP contribution in [0.25, 0.3) is 0 Å². The summed E-state index contributed by atoms with van der Waals surface area (Å²) in [7, 11) is 0. The van der Waals surface area contributed by atoms with Crippen LogP contribution in [0.2, 0.25) is 0 Å². The molecule has 5 nitrogen and oxygen atoms in total. The van der Waals surface area contributed by atoms with Gasteiger partial charge in [0.1, 0.15) is 11.9 Å². The van der Waals surface area contributed by atoms with Crippen LogP contribution < -0.4 is 15.0 Å². The Morgan fingerprint density at radius 3 is 2.21 bits per heavy atom. The fourth-order valence-electron chi connectivity index (χ4n) is 5.34. The predicted molar refractivity (Wildman–Crippen MR) is 146 cm³/mol. The highest BCUT2D eigenvalue weighted by atomic mass is 19.4. The van der Waals surface area contributed by atoms with E-state index in [0.717, 1.165) is 63.1 Å². The maximum atomic E-state index is 13.0. The number of nitrogens with zero attached hydrogens (tertiary/aromatic N) is 2. The van der Waals surface area contributed by atoms with E-state index in [1.807, 2.05) is 18.2 Å². The quantitative estimate of drug-likeness (QED) is 0.393. The van der Waals surface area contributed by atoms with Crippen molar-refractivity contribution in [1.29, 1.82) is 0 Å². The number of halogens is 3. The van der Waals surface area contributed by atoms with Gasteiger partial charge in [-0.3, -0.25) is 9.69 Å². The lowest BCUT2D eigenvalue weighted by atomic mass is 10.0. The first kappa shape index (κ1) is 27.1. The number of benzene rings is 3. The number of rotatable bonds is 7. The van der Waals surface area contributed by atoms with E-state index in [1.165, 1.54) is 17.7 Å². The highest BCUT2D eigenvalue weighted by Gasteiger charge is 2.30. The number of alkyl halides is 3. The van der Waals surface area contributed by atoms with Crippen molar-refractivity contribution in [3.05, 3.63) is 95.6 Å². The summed E-state index contributed by atoms with van der Waals surface area (Å²) in [6, 6.07) is 23.2. The van der Waals surface area contributed by atoms with Gasteiger partial charge >= 0.3 is 6.18 Å². The molecular weight excluding hydrogens is 503 g/mol. The highest BCUT2D eigenvalue weighted by molar-refractivity contribution is 5.94. The molecule has 0 unspecified atom stereocenters. The third-order valence-corrected chi connectivity index (χ3v) is 7.57. The molecule has 3 aromatic carbocycles. The summed E-state index contributed by atoms with van der Waals surface area (Å²) in [6.45, 7) is 4.23. The zero-order valence-corrected chi connectivity index (χ0v) is 21.9. The van der Waals surface area contributed by atoms with Crippen molar-refractivity contribution in [3.8, 4) is 5.75 Å². The van der Waals surface area contributed by atoms with Crippen molar-refractivity contribution in [3.63, 3.8) is 0 Å². The Balaban J connectivity index is 1.08. The van der Waals surface area contributed by atoms with E-state index in [4.69, 9.17) is 4.74 Å². The minimum absolute atomic E-state index is 0.0112. The van der Waals surface area contributed by atoms with Gasteiger partial charge in [0, 0.05) is 62.9 Å². The molecule has 5 rings (SSSR count). The molecule has 206 valence electrons. The van der Waals surface area contributed by atoms with Gasteiger partial charge in [0.25, 0.3) is 5.91 Å². The fraction of sp³-hybridized carbons (Fsp3) is 0.387. The smallest absolute Gasteiger partial charge is 0.416 e. The summed E-state index contributed by atoms with van der Waals surface area (Å²) in [5.74, 6) is 0.576. The zero-order chi connectivity index (χ0) is 27.2. The minimum Gasteiger partial charge on any atom is -0.490 e. The lowest BCUT2D eigenvalue weighted by Gasteiger charge is -2.34. The van der Waals surface area contributed by atoms with Crippen molar-refractivity contribution in [1.82, 2.24) is 10.2 Å². The number of ether oxygens (including phenoxy) is 1. The molecule has 0 bridgehead atoms. The number of likely N-dealkylation sites (tertiary alicyclic amines) is 1. The molecule has 2 heterocycles. The molecule has 0 atom stereocenters. The molecular formula is C31H34F3N3O2. The monoisotopic (exact) mass is 537 g/mol. The van der Waals surface area contributed by atoms with Gasteiger partial charge in [0.2, 0.25) is 0 Å². The third-order valence-electron chi connectivity index (χ3n) is 7.57. The van der Waals surface area contributed by atoms with Crippen LogP contribution in [0.1, 0.15) is 47.2 Å². The fourth-order valence-corrected chi connectivity index (χ4v) is 5.34. The van der Waals surface area contributed by atoms with E-state index in [2.05, 4.69) is 39.4 Å². The second kappa shape index (κ2) is 12.1. The average Bonchev–Trinajstić information content (AvgIpc) is 2.95. The lowest BCUT2D eigenvalue weighted by molar-refractivity contribution is -0.137. The summed E-state index contributed by atoms with van der Waals surface area (Å²) in [4.78, 5) is 17.5. The Hall–Kier alpha value is -3.52. The molecule has 2 saturated heterocycles. The molecule has 0 aliphatic carbocycles. The van der Waals surface area contributed by atoms with Crippen LogP contribution in [0.15, 0.2) is 78.9 Å². The Morgan fingerprint density at radius 2 is 1.54 bits per heavy atom. The number of carbonyl (C=O) groups excluding carboxylic acids is 1. The largest absolute Gasteiger partial charge is 0.490 e. The third kappa shape index (κ3) is 7.32. The Labute approximate surface area is 227 Å². The summed E-state index contributed by atoms with van der Waals surface area (Å²) in [5.41, 5.74) is 2.04. The molecule has 39 heavy (non-hydrogen) atoms. The van der Waals surface area contributed by atoms with Gasteiger partial charge in [-0.25, -0.2) is 0 Å². The standard InChI is InChI=1S/C31H34F3N3O2/c32-31(33,34)25-9-11-27(12-10-25)37-19-15-28(16-20-37)39-29-8-4-7-24(21-29)30(38)35-26-13-17-36(18-14-26)22-23-5-2-1-3-6-23/h1-12,21,26,28H,13-20,22H2,(H,35,38). The first-order valence-corrected chi connectivity index (χ1v) is 13.6. The summed E-state index contributed by atoms with van der Waals surface area (Å²) >= 11 is 0. The van der Waals surface area contributed by atoms with Crippen LogP contribution in [0.5, 0.6) is 5.75 Å². The van der Waals surface area contributed by atoms with Crippen LogP contribution >= 0.6 is 0 Å². The van der Waals surface area contributed by atoms with Gasteiger partial charge in [0.05, 0.1) is 5.56 Å². The van der Waals surface area contributed by atoms with Gasteiger partial charge in [-0.15, -0.1) is 0 Å². The van der Waals surface area contributed by atoms with Crippen molar-refractivity contribution in [2.75, 3.05) is 31.1 Å². The van der Waals surface area contributed by atoms with E-state index in [9.17, 15) is 18.0 Å². The van der Waals surface area contributed by atoms with Crippen LogP contribution in [-0.4, -0.2) is 49.1 Å². The minimum atomic E-state index is -4.33. The second-order valence-corrected chi connectivity index (χ2v) is 10.4. The highest BCUT2D eigenvalue weighted by Crippen LogP contribution is 2.31. The number of amides is 1. The Bertz CT molecular complexity index is 1220. The normalized spacial score (nSPS) is 17.7. The molecule has 8 heteroatoms. The molecule has 0 spiro atoms. The first-order valence-electron chi connectivity index (χ1n) is 13.6. The molecule has 0 aromatic heterocycles. The number of carbonyl (C=O) groups is 1. The maximum absolute atomic E-state index is 13.0. The lowest BCUT2D eigenvalue weighted by Crippen LogP contribution is -2.44. The van der Waals surface area contributed by atoms with Gasteiger partial charge in [-0.05, 0) is 60.9 Å². The Morgan fingerprint density at radius 1 is 0.846 bits per heavy atom. The molecule has 1 amide bonds. The second-order valence-electron chi connectivity index (χ2n) is 10.4. The van der Waals surface area contributed by atoms with E-state index in [0.29, 0.717) is 24.4 Å². The molecule has 3 aromatic rings. The van der Waals surface area contributed by atoms with Gasteiger partial charge in [-0.2, -0.15) is 13.2 Å². The van der Waals surface area contributed by atoms with Crippen molar-refractivity contribution in [2.45, 2.75) is 50.6 Å². The molecule has 2 aliphatic rings. The molecule has 1 N–H and O–H groups in total. The maximum Gasteiger partial charge on any atom is 0.416 e. The molecule has 0 saturated carbocycles. The van der Waals surface area contributed by atoms with E-state index in [1.54, 1.807) is 12.1 Å². The van der Waals surface area contributed by atoms with Crippen molar-refractivity contribution in [2.24, 2.45) is 0 Å². The van der Waals surface area contributed by atoms with Crippen LogP contribution in [-0.2, 0) is 12.7 Å². The van der Waals surface area contributed by atoms with Crippen molar-refractivity contribution < 1.29 is 22.7 Å². The van der Waals surface area contributed by atoms with Gasteiger partial charge < -0.3 is 15.0 Å². The van der Waals surface area contributed by atoms with Crippen LogP contribution in [0.4, 0.5) is 18.9 Å². The SMILES string of the molecule is O=C(NC1CCN(Cc2ccccc2)CC1)c1cccc(OC2CCN(c3ccc(C(F)(F)F)cc3)CC2)c1. The van der Waals surface area contributed by atoms with Crippen molar-refractivity contribution >= 4 is 11.6 Å². The summed E-state index contributed by atoms with van der Waals surface area (Å²) < 4.78 is 44.7. The Kier molecular flexibility index (Phi) is 8.41. The number of hydrogen-bond acceptors (Lipinski definition) is 4. The van der Waals surface area contributed by atoms with Crippen LogP contribution in [0.3, 0.4) is 0 Å². The van der Waals surface area contributed by atoms with E-state index >= 15 is 0 Å². The van der Waals surface area contributed by atoms with E-state index in [-0.39, 0.29) is 18.1 Å². The number of piperidine rings is 2. The number of nitrogens with one attached hydrogen (secondary N) is 1. The zero-order valence-electron chi connectivity index (χ0n) is 21.9. The molecule has 2 fully saturated rings. The first-order chi connectivity index (χ1) is 18.8. The number of hydrogen-bond donors (Lipinski definition) is 1. The number of anilines is 1. The van der Waals surface area contributed by atoms with Gasteiger partial charge in [-0.1, -0.05) is 36.4 Å². The van der Waals surface area contributed by atoms with E-state index < -0.39 is 11.7 Å². The summed E-state index contributed by atoms with van der Waals surface area (Å²) in [6.07, 6.45) is -0.996. The average molecular weight is 538 g/mol. The predicted octanol–water partition coefficient (Wildman–Crippen LogP) is 6.15. The van der Waals surface area contributed by atoms with Crippen LogP contribution in [0, 0.1) is 0 Å². The molecule has 0 radical (unpaired) electrons. The topological polar surface area (TPSA) is 44.8 Å². The van der Waals surface area contributed by atoms with Gasteiger partial charge in [0.15, 0.2) is 0 Å².